The summed E-state index contributed by atoms with van der Waals surface area (Å²) in [7, 11) is -1.86. The van der Waals surface area contributed by atoms with Gasteiger partial charge in [-0.15, -0.1) is 0 Å². The van der Waals surface area contributed by atoms with E-state index in [4.69, 9.17) is 4.43 Å². The maximum atomic E-state index is 14.5. The summed E-state index contributed by atoms with van der Waals surface area (Å²) in [5, 5.41) is 0.124. The van der Waals surface area contributed by atoms with Gasteiger partial charge in [0.25, 0.3) is 5.56 Å². The molecule has 136 valence electrons. The number of hydrogen-bond acceptors (Lipinski definition) is 4. The van der Waals surface area contributed by atoms with Gasteiger partial charge in [-0.1, -0.05) is 20.8 Å². The van der Waals surface area contributed by atoms with Crippen LogP contribution in [-0.4, -0.2) is 34.4 Å². The van der Waals surface area contributed by atoms with Gasteiger partial charge in [-0.2, -0.15) is 0 Å². The molecule has 2 heterocycles. The Hall–Kier alpha value is -1.80. The number of halogens is 1. The fraction of sp³-hybridized carbons (Fsp3) is 0.588. The lowest BCUT2D eigenvalue weighted by molar-refractivity contribution is 0.243. The number of nitrogens with zero attached hydrogens (tertiary/aromatic N) is 3. The summed E-state index contributed by atoms with van der Waals surface area (Å²) in [6.07, 6.45) is 5.02. The largest absolute Gasteiger partial charge is 0.416 e. The molecule has 0 aromatic carbocycles. The molecule has 6 nitrogen and oxygen atoms in total. The molecule has 8 heteroatoms. The molecule has 0 radical (unpaired) electrons. The Morgan fingerprint density at radius 2 is 2.12 bits per heavy atom. The van der Waals surface area contributed by atoms with Crippen molar-refractivity contribution in [2.45, 2.75) is 51.4 Å². The number of rotatable bonds is 4. The molecule has 2 aromatic rings. The van der Waals surface area contributed by atoms with Crippen LogP contribution in [0.4, 0.5) is 4.39 Å². The van der Waals surface area contributed by atoms with Crippen LogP contribution in [0.15, 0.2) is 29.4 Å². The van der Waals surface area contributed by atoms with Crippen molar-refractivity contribution in [3.63, 3.8) is 0 Å². The maximum Gasteiger partial charge on any atom is 0.278 e. The van der Waals surface area contributed by atoms with Gasteiger partial charge in [0.2, 0.25) is 0 Å². The second-order valence-electron chi connectivity index (χ2n) is 8.19. The SMILES string of the molecule is CC(C)(C)[Si](C)(C)OC[C@H]1C=C(F)[C@@H](n2cnc3c(=O)[nH]cnc32)C1. The first-order valence-corrected chi connectivity index (χ1v) is 11.4. The highest BCUT2D eigenvalue weighted by Crippen LogP contribution is 2.40. The van der Waals surface area contributed by atoms with Gasteiger partial charge in [0.15, 0.2) is 19.5 Å². The molecule has 0 bridgehead atoms. The Kier molecular flexibility index (Phi) is 4.44. The first-order valence-electron chi connectivity index (χ1n) is 8.51. The van der Waals surface area contributed by atoms with Gasteiger partial charge >= 0.3 is 0 Å². The van der Waals surface area contributed by atoms with Crippen LogP contribution < -0.4 is 5.56 Å². The fourth-order valence-electron chi connectivity index (χ4n) is 2.79. The molecular formula is C17H25FN4O2Si. The molecule has 0 unspecified atom stereocenters. The normalized spacial score (nSPS) is 21.8. The summed E-state index contributed by atoms with van der Waals surface area (Å²) in [5.41, 5.74) is 0.323. The first-order chi connectivity index (χ1) is 11.6. The van der Waals surface area contributed by atoms with Gasteiger partial charge in [0.1, 0.15) is 5.83 Å². The van der Waals surface area contributed by atoms with Gasteiger partial charge in [0.05, 0.1) is 18.7 Å². The molecule has 1 aliphatic rings. The van der Waals surface area contributed by atoms with Gasteiger partial charge < -0.3 is 14.0 Å². The number of allylic oxidation sites excluding steroid dienone is 1. The molecule has 1 N–H and O–H groups in total. The summed E-state index contributed by atoms with van der Waals surface area (Å²) in [6, 6.07) is -0.479. The molecule has 0 amide bonds. The van der Waals surface area contributed by atoms with Crippen LogP contribution in [0.3, 0.4) is 0 Å². The molecule has 0 spiro atoms. The number of hydrogen-bond donors (Lipinski definition) is 1. The Morgan fingerprint density at radius 3 is 2.80 bits per heavy atom. The molecule has 0 saturated carbocycles. The van der Waals surface area contributed by atoms with Crippen LogP contribution >= 0.6 is 0 Å². The highest BCUT2D eigenvalue weighted by Gasteiger charge is 2.38. The minimum absolute atomic E-state index is 0.0126. The van der Waals surface area contributed by atoms with E-state index in [1.165, 1.54) is 12.7 Å². The van der Waals surface area contributed by atoms with Gasteiger partial charge in [-0.3, -0.25) is 4.79 Å². The quantitative estimate of drug-likeness (QED) is 0.842. The van der Waals surface area contributed by atoms with Crippen LogP contribution in [0.2, 0.25) is 18.1 Å². The minimum Gasteiger partial charge on any atom is -0.416 e. The van der Waals surface area contributed by atoms with E-state index >= 15 is 0 Å². The highest BCUT2D eigenvalue weighted by molar-refractivity contribution is 6.74. The van der Waals surface area contributed by atoms with E-state index in [1.54, 1.807) is 10.6 Å². The number of imidazole rings is 1. The summed E-state index contributed by atoms with van der Waals surface area (Å²) >= 11 is 0. The standard InChI is InChI=1S/C17H25FN4O2Si/c1-17(2,3)25(4,5)24-8-11-6-12(18)13(7-11)22-10-21-14-15(22)19-9-20-16(14)23/h6,9-11,13H,7-8H2,1-5H3,(H,19,20,23)/t11-,13-/m0/s1. The number of H-pyrrole nitrogens is 1. The summed E-state index contributed by atoms with van der Waals surface area (Å²) in [5.74, 6) is -0.205. The zero-order valence-electron chi connectivity index (χ0n) is 15.3. The first kappa shape index (κ1) is 18.0. The number of aromatic amines is 1. The summed E-state index contributed by atoms with van der Waals surface area (Å²) in [6.45, 7) is 11.5. The Labute approximate surface area is 147 Å². The van der Waals surface area contributed by atoms with Crippen LogP contribution in [0, 0.1) is 5.92 Å². The third-order valence-electron chi connectivity index (χ3n) is 5.40. The molecular weight excluding hydrogens is 339 g/mol. The molecule has 3 rings (SSSR count). The predicted molar refractivity (Wildman–Crippen MR) is 97.6 cm³/mol. The van der Waals surface area contributed by atoms with Crippen LogP contribution in [-0.2, 0) is 4.43 Å². The fourth-order valence-corrected chi connectivity index (χ4v) is 3.85. The average molecular weight is 364 g/mol. The summed E-state index contributed by atoms with van der Waals surface area (Å²) in [4.78, 5) is 22.5. The van der Waals surface area contributed by atoms with Crippen molar-refractivity contribution in [2.24, 2.45) is 5.92 Å². The zero-order valence-corrected chi connectivity index (χ0v) is 16.3. The van der Waals surface area contributed by atoms with E-state index in [1.807, 2.05) is 0 Å². The van der Waals surface area contributed by atoms with Crippen LogP contribution in [0.5, 0.6) is 0 Å². The Balaban J connectivity index is 1.76. The van der Waals surface area contributed by atoms with Gasteiger partial charge in [0, 0.05) is 12.5 Å². The Morgan fingerprint density at radius 1 is 1.40 bits per heavy atom. The van der Waals surface area contributed by atoms with Crippen molar-refractivity contribution in [3.8, 4) is 0 Å². The molecule has 0 fully saturated rings. The number of fused-ring (bicyclic) bond motifs is 1. The Bertz CT molecular complexity index is 865. The van der Waals surface area contributed by atoms with E-state index in [-0.39, 0.29) is 27.9 Å². The van der Waals surface area contributed by atoms with Crippen LogP contribution in [0.1, 0.15) is 33.2 Å². The predicted octanol–water partition coefficient (Wildman–Crippen LogP) is 3.56. The monoisotopic (exact) mass is 364 g/mol. The lowest BCUT2D eigenvalue weighted by atomic mass is 10.1. The molecule has 2 atom stereocenters. The van der Waals surface area contributed by atoms with Crippen LogP contribution in [0.25, 0.3) is 11.2 Å². The lowest BCUT2D eigenvalue weighted by Gasteiger charge is -2.36. The van der Waals surface area contributed by atoms with Gasteiger partial charge in [-0.05, 0) is 30.6 Å². The van der Waals surface area contributed by atoms with Crippen molar-refractivity contribution < 1.29 is 8.82 Å². The molecule has 2 aromatic heterocycles. The summed E-state index contributed by atoms with van der Waals surface area (Å²) < 4.78 is 22.4. The van der Waals surface area contributed by atoms with Crippen molar-refractivity contribution in [1.29, 1.82) is 0 Å². The average Bonchev–Trinajstić information content (AvgIpc) is 3.08. The third-order valence-corrected chi connectivity index (χ3v) is 9.91. The molecule has 0 aliphatic heterocycles. The van der Waals surface area contributed by atoms with Crippen molar-refractivity contribution in [2.75, 3.05) is 6.61 Å². The number of aromatic nitrogens is 4. The second kappa shape index (κ2) is 6.17. The topological polar surface area (TPSA) is 72.8 Å². The lowest BCUT2D eigenvalue weighted by Crippen LogP contribution is -2.41. The highest BCUT2D eigenvalue weighted by atomic mass is 28.4. The van der Waals surface area contributed by atoms with E-state index in [2.05, 4.69) is 48.8 Å². The molecule has 0 saturated heterocycles. The van der Waals surface area contributed by atoms with E-state index < -0.39 is 14.4 Å². The smallest absolute Gasteiger partial charge is 0.278 e. The maximum absolute atomic E-state index is 14.5. The van der Waals surface area contributed by atoms with Crippen molar-refractivity contribution in [1.82, 2.24) is 19.5 Å². The third kappa shape index (κ3) is 3.32. The minimum atomic E-state index is -1.86. The van der Waals surface area contributed by atoms with E-state index in [0.717, 1.165) is 0 Å². The van der Waals surface area contributed by atoms with E-state index in [9.17, 15) is 9.18 Å². The zero-order chi connectivity index (χ0) is 18.4. The number of nitrogens with one attached hydrogen (secondary N) is 1. The molecule has 1 aliphatic carbocycles. The molecule has 25 heavy (non-hydrogen) atoms. The van der Waals surface area contributed by atoms with Crippen molar-refractivity contribution in [3.05, 3.63) is 34.9 Å². The van der Waals surface area contributed by atoms with Crippen molar-refractivity contribution >= 4 is 19.5 Å². The second-order valence-corrected chi connectivity index (χ2v) is 13.0. The van der Waals surface area contributed by atoms with Gasteiger partial charge in [-0.25, -0.2) is 14.4 Å². The van der Waals surface area contributed by atoms with E-state index in [0.29, 0.717) is 18.7 Å².